The average Bonchev–Trinajstić information content (AvgIpc) is 2.84. The van der Waals surface area contributed by atoms with Crippen molar-refractivity contribution in [1.29, 1.82) is 0 Å². The van der Waals surface area contributed by atoms with Crippen molar-refractivity contribution in [3.63, 3.8) is 0 Å². The number of amides is 1. The Balaban J connectivity index is 2.18. The van der Waals surface area contributed by atoms with Crippen LogP contribution in [0.25, 0.3) is 0 Å². The minimum absolute atomic E-state index is 0.141. The van der Waals surface area contributed by atoms with E-state index >= 15 is 0 Å². The first-order chi connectivity index (χ1) is 8.59. The Kier molecular flexibility index (Phi) is 4.04. The number of halogens is 2. The van der Waals surface area contributed by atoms with Crippen LogP contribution < -0.4 is 0 Å². The van der Waals surface area contributed by atoms with E-state index in [0.717, 1.165) is 5.82 Å². The van der Waals surface area contributed by atoms with Gasteiger partial charge in [0.1, 0.15) is 5.82 Å². The van der Waals surface area contributed by atoms with Crippen LogP contribution in [0.5, 0.6) is 0 Å². The summed E-state index contributed by atoms with van der Waals surface area (Å²) in [6.07, 6.45) is 3.37. The first kappa shape index (κ1) is 13.1. The highest BCUT2D eigenvalue weighted by Gasteiger charge is 2.17. The number of benzene rings is 1. The van der Waals surface area contributed by atoms with E-state index in [4.69, 9.17) is 11.6 Å². The smallest absolute Gasteiger partial charge is 0.255 e. The summed E-state index contributed by atoms with van der Waals surface area (Å²) in [5.74, 6) is 0.592. The summed E-state index contributed by atoms with van der Waals surface area (Å²) < 4.78 is 0.710. The van der Waals surface area contributed by atoms with Crippen molar-refractivity contribution >= 4 is 33.4 Å². The molecule has 4 nitrogen and oxygen atoms in total. The van der Waals surface area contributed by atoms with Crippen molar-refractivity contribution in [3.8, 4) is 0 Å². The van der Waals surface area contributed by atoms with E-state index in [1.165, 1.54) is 0 Å². The maximum Gasteiger partial charge on any atom is 0.255 e. The number of rotatable bonds is 3. The summed E-state index contributed by atoms with van der Waals surface area (Å²) in [7, 11) is 1.71. The molecule has 0 aliphatic heterocycles. The quantitative estimate of drug-likeness (QED) is 0.941. The molecule has 1 aromatic heterocycles. The van der Waals surface area contributed by atoms with E-state index in [-0.39, 0.29) is 5.91 Å². The van der Waals surface area contributed by atoms with Crippen LogP contribution in [-0.4, -0.2) is 27.8 Å². The molecular formula is C12H11BrClN3O. The third-order valence-electron chi connectivity index (χ3n) is 2.47. The second-order valence-electron chi connectivity index (χ2n) is 3.80. The van der Waals surface area contributed by atoms with E-state index < -0.39 is 0 Å². The summed E-state index contributed by atoms with van der Waals surface area (Å²) in [4.78, 5) is 20.8. The predicted molar refractivity (Wildman–Crippen MR) is 73.5 cm³/mol. The molecule has 18 heavy (non-hydrogen) atoms. The summed E-state index contributed by atoms with van der Waals surface area (Å²) in [6, 6.07) is 5.28. The molecule has 0 fully saturated rings. The van der Waals surface area contributed by atoms with Crippen molar-refractivity contribution in [2.24, 2.45) is 0 Å². The first-order valence-electron chi connectivity index (χ1n) is 5.27. The molecule has 0 aliphatic rings. The zero-order valence-electron chi connectivity index (χ0n) is 9.65. The van der Waals surface area contributed by atoms with Crippen LogP contribution in [0, 0.1) is 0 Å². The van der Waals surface area contributed by atoms with E-state index in [9.17, 15) is 4.79 Å². The van der Waals surface area contributed by atoms with E-state index in [1.807, 2.05) is 0 Å². The van der Waals surface area contributed by atoms with Gasteiger partial charge in [-0.1, -0.05) is 17.7 Å². The van der Waals surface area contributed by atoms with Gasteiger partial charge in [0.2, 0.25) is 0 Å². The number of nitrogens with zero attached hydrogens (tertiary/aromatic N) is 2. The van der Waals surface area contributed by atoms with Crippen LogP contribution in [0.1, 0.15) is 16.2 Å². The molecule has 1 heterocycles. The molecule has 0 saturated carbocycles. The lowest BCUT2D eigenvalue weighted by atomic mass is 10.2. The number of carbonyl (C=O) groups excluding carboxylic acids is 1. The molecule has 1 N–H and O–H groups in total. The van der Waals surface area contributed by atoms with Crippen molar-refractivity contribution < 1.29 is 4.79 Å². The normalized spacial score (nSPS) is 10.4. The van der Waals surface area contributed by atoms with Crippen molar-refractivity contribution in [1.82, 2.24) is 14.9 Å². The SMILES string of the molecule is CN(Cc1ncc[nH]1)C(=O)c1cccc(Br)c1Cl. The van der Waals surface area contributed by atoms with Gasteiger partial charge in [0.05, 0.1) is 17.1 Å². The Labute approximate surface area is 118 Å². The Hall–Kier alpha value is -1.33. The molecular weight excluding hydrogens is 318 g/mol. The first-order valence-corrected chi connectivity index (χ1v) is 6.44. The Morgan fingerprint density at radius 2 is 2.33 bits per heavy atom. The second-order valence-corrected chi connectivity index (χ2v) is 5.03. The molecule has 2 aromatic rings. The number of aromatic nitrogens is 2. The van der Waals surface area contributed by atoms with Gasteiger partial charge in [-0.15, -0.1) is 0 Å². The molecule has 0 bridgehead atoms. The number of hydrogen-bond donors (Lipinski definition) is 1. The van der Waals surface area contributed by atoms with Crippen molar-refractivity contribution in [2.45, 2.75) is 6.54 Å². The third kappa shape index (κ3) is 2.73. The number of nitrogens with one attached hydrogen (secondary N) is 1. The molecule has 0 aliphatic carbocycles. The van der Waals surface area contributed by atoms with Gasteiger partial charge < -0.3 is 9.88 Å². The lowest BCUT2D eigenvalue weighted by Gasteiger charge is -2.16. The van der Waals surface area contributed by atoms with Crippen LogP contribution >= 0.6 is 27.5 Å². The lowest BCUT2D eigenvalue weighted by Crippen LogP contribution is -2.27. The van der Waals surface area contributed by atoms with Crippen LogP contribution in [0.3, 0.4) is 0 Å². The monoisotopic (exact) mass is 327 g/mol. The highest BCUT2D eigenvalue weighted by atomic mass is 79.9. The van der Waals surface area contributed by atoms with Crippen LogP contribution in [0.2, 0.25) is 5.02 Å². The van der Waals surface area contributed by atoms with Crippen LogP contribution in [-0.2, 0) is 6.54 Å². The van der Waals surface area contributed by atoms with Gasteiger partial charge in [-0.25, -0.2) is 4.98 Å². The van der Waals surface area contributed by atoms with Crippen LogP contribution in [0.4, 0.5) is 0 Å². The molecule has 2 rings (SSSR count). The molecule has 6 heteroatoms. The number of hydrogen-bond acceptors (Lipinski definition) is 2. The van der Waals surface area contributed by atoms with Crippen molar-refractivity contribution in [2.75, 3.05) is 7.05 Å². The minimum Gasteiger partial charge on any atom is -0.347 e. The molecule has 0 radical (unpaired) electrons. The fraction of sp³-hybridized carbons (Fsp3) is 0.167. The predicted octanol–water partition coefficient (Wildman–Crippen LogP) is 3.10. The zero-order chi connectivity index (χ0) is 13.1. The summed E-state index contributed by atoms with van der Waals surface area (Å²) in [6.45, 7) is 0.411. The van der Waals surface area contributed by atoms with Gasteiger partial charge in [0.25, 0.3) is 5.91 Å². The van der Waals surface area contributed by atoms with E-state index in [1.54, 1.807) is 42.5 Å². The highest BCUT2D eigenvalue weighted by molar-refractivity contribution is 9.10. The van der Waals surface area contributed by atoms with Gasteiger partial charge in [-0.3, -0.25) is 4.79 Å². The van der Waals surface area contributed by atoms with Gasteiger partial charge >= 0.3 is 0 Å². The maximum atomic E-state index is 12.2. The molecule has 0 atom stereocenters. The van der Waals surface area contributed by atoms with Gasteiger partial charge in [0, 0.05) is 23.9 Å². The van der Waals surface area contributed by atoms with E-state index in [0.29, 0.717) is 21.6 Å². The lowest BCUT2D eigenvalue weighted by molar-refractivity contribution is 0.0782. The highest BCUT2D eigenvalue weighted by Crippen LogP contribution is 2.26. The standard InChI is InChI=1S/C12H11BrClN3O/c1-17(7-10-15-5-6-16-10)12(18)8-3-2-4-9(13)11(8)14/h2-6H,7H2,1H3,(H,15,16). The Bertz CT molecular complexity index is 556. The largest absolute Gasteiger partial charge is 0.347 e. The van der Waals surface area contributed by atoms with E-state index in [2.05, 4.69) is 25.9 Å². The van der Waals surface area contributed by atoms with Gasteiger partial charge in [0.15, 0.2) is 0 Å². The Morgan fingerprint density at radius 1 is 1.56 bits per heavy atom. The molecule has 0 spiro atoms. The second kappa shape index (κ2) is 5.54. The molecule has 0 saturated heterocycles. The topological polar surface area (TPSA) is 49.0 Å². The number of carbonyl (C=O) groups is 1. The molecule has 94 valence electrons. The summed E-state index contributed by atoms with van der Waals surface area (Å²) >= 11 is 9.40. The fourth-order valence-electron chi connectivity index (χ4n) is 1.56. The summed E-state index contributed by atoms with van der Waals surface area (Å²) in [5.41, 5.74) is 0.472. The number of aromatic amines is 1. The van der Waals surface area contributed by atoms with Crippen LogP contribution in [0.15, 0.2) is 35.1 Å². The van der Waals surface area contributed by atoms with Gasteiger partial charge in [-0.05, 0) is 28.1 Å². The number of imidazole rings is 1. The molecule has 1 aromatic carbocycles. The Morgan fingerprint density at radius 3 is 3.00 bits per heavy atom. The minimum atomic E-state index is -0.141. The molecule has 0 unspecified atom stereocenters. The van der Waals surface area contributed by atoms with Crippen molar-refractivity contribution in [3.05, 3.63) is 51.5 Å². The number of H-pyrrole nitrogens is 1. The third-order valence-corrected chi connectivity index (χ3v) is 3.77. The molecule has 1 amide bonds. The van der Waals surface area contributed by atoms with Gasteiger partial charge in [-0.2, -0.15) is 0 Å². The summed E-state index contributed by atoms with van der Waals surface area (Å²) in [5, 5.41) is 0.425. The fourth-order valence-corrected chi connectivity index (χ4v) is 2.13. The maximum absolute atomic E-state index is 12.2. The average molecular weight is 329 g/mol. The zero-order valence-corrected chi connectivity index (χ0v) is 12.0.